The smallest absolute Gasteiger partial charge is 0.222 e. The van der Waals surface area contributed by atoms with Crippen molar-refractivity contribution >= 4 is 0 Å². The van der Waals surface area contributed by atoms with Gasteiger partial charge in [-0.25, -0.2) is 9.07 Å². The molecule has 1 heterocycles. The van der Waals surface area contributed by atoms with Gasteiger partial charge in [0.15, 0.2) is 0 Å². The minimum absolute atomic E-state index is 0.308. The number of benzene rings is 2. The number of aliphatic hydroxyl groups is 1. The topological polar surface area (TPSA) is 59.8 Å². The van der Waals surface area contributed by atoms with Gasteiger partial charge in [0.05, 0.1) is 18.3 Å². The van der Waals surface area contributed by atoms with Crippen molar-refractivity contribution in [2.24, 2.45) is 13.0 Å². The van der Waals surface area contributed by atoms with Crippen molar-refractivity contribution < 1.29 is 19.0 Å². The SMILES string of the molecule is CCOC[C@H](O)CN(Cc1c(-c2ccccc2)nn(C)c1Oc1cccc(F)c1)CC1CC1. The second kappa shape index (κ2) is 10.9. The highest BCUT2D eigenvalue weighted by atomic mass is 19.1. The maximum Gasteiger partial charge on any atom is 0.222 e. The van der Waals surface area contributed by atoms with E-state index in [-0.39, 0.29) is 5.82 Å². The Kier molecular flexibility index (Phi) is 7.75. The average Bonchev–Trinajstić information content (AvgIpc) is 3.57. The zero-order chi connectivity index (χ0) is 23.2. The molecule has 0 aliphatic heterocycles. The molecule has 176 valence electrons. The Hall–Kier alpha value is -2.74. The summed E-state index contributed by atoms with van der Waals surface area (Å²) in [6, 6.07) is 16.1. The van der Waals surface area contributed by atoms with Crippen molar-refractivity contribution in [2.45, 2.75) is 32.4 Å². The maximum absolute atomic E-state index is 13.8. The van der Waals surface area contributed by atoms with Crippen LogP contribution in [-0.4, -0.2) is 52.2 Å². The van der Waals surface area contributed by atoms with Gasteiger partial charge in [-0.3, -0.25) is 4.90 Å². The molecule has 1 aliphatic carbocycles. The van der Waals surface area contributed by atoms with Crippen molar-refractivity contribution in [3.05, 3.63) is 66.0 Å². The molecule has 0 saturated heterocycles. The van der Waals surface area contributed by atoms with Gasteiger partial charge in [-0.05, 0) is 37.8 Å². The number of rotatable bonds is 12. The minimum Gasteiger partial charge on any atom is -0.439 e. The molecule has 0 bridgehead atoms. The molecule has 0 unspecified atom stereocenters. The van der Waals surface area contributed by atoms with Gasteiger partial charge in [0.1, 0.15) is 17.3 Å². The number of hydrogen-bond donors (Lipinski definition) is 1. The first-order chi connectivity index (χ1) is 16.0. The Labute approximate surface area is 194 Å². The molecule has 6 nitrogen and oxygen atoms in total. The number of aryl methyl sites for hydroxylation is 1. The van der Waals surface area contributed by atoms with Crippen molar-refractivity contribution in [3.63, 3.8) is 0 Å². The first-order valence-corrected chi connectivity index (χ1v) is 11.6. The van der Waals surface area contributed by atoms with Crippen molar-refractivity contribution in [1.29, 1.82) is 0 Å². The van der Waals surface area contributed by atoms with Crippen molar-refractivity contribution in [1.82, 2.24) is 14.7 Å². The molecule has 1 N–H and O–H groups in total. The van der Waals surface area contributed by atoms with E-state index in [2.05, 4.69) is 4.90 Å². The Morgan fingerprint density at radius 2 is 1.97 bits per heavy atom. The zero-order valence-corrected chi connectivity index (χ0v) is 19.3. The van der Waals surface area contributed by atoms with Gasteiger partial charge < -0.3 is 14.6 Å². The maximum atomic E-state index is 13.8. The van der Waals surface area contributed by atoms with E-state index in [0.29, 0.717) is 43.9 Å². The second-order valence-electron chi connectivity index (χ2n) is 8.63. The number of halogens is 1. The van der Waals surface area contributed by atoms with Crippen LogP contribution >= 0.6 is 0 Å². The molecule has 3 aromatic rings. The molecule has 1 atom stereocenters. The predicted molar refractivity (Wildman–Crippen MR) is 126 cm³/mol. The van der Waals surface area contributed by atoms with E-state index in [1.165, 1.54) is 25.0 Å². The number of hydrogen-bond acceptors (Lipinski definition) is 5. The molecular formula is C26H32FN3O3. The summed E-state index contributed by atoms with van der Waals surface area (Å²) in [5.74, 6) is 1.28. The second-order valence-corrected chi connectivity index (χ2v) is 8.63. The summed E-state index contributed by atoms with van der Waals surface area (Å²) in [5.41, 5.74) is 2.72. The van der Waals surface area contributed by atoms with Crippen LogP contribution < -0.4 is 4.74 Å². The van der Waals surface area contributed by atoms with Crippen molar-refractivity contribution in [3.8, 4) is 22.9 Å². The number of nitrogens with zero attached hydrogens (tertiary/aromatic N) is 3. The third-order valence-corrected chi connectivity index (χ3v) is 5.72. The molecule has 1 aliphatic rings. The third-order valence-electron chi connectivity index (χ3n) is 5.72. The Morgan fingerprint density at radius 3 is 2.67 bits per heavy atom. The van der Waals surface area contributed by atoms with Gasteiger partial charge in [-0.2, -0.15) is 5.10 Å². The van der Waals surface area contributed by atoms with Crippen LogP contribution in [0.4, 0.5) is 4.39 Å². The number of aliphatic hydroxyl groups excluding tert-OH is 1. The lowest BCUT2D eigenvalue weighted by molar-refractivity contribution is 0.0186. The summed E-state index contributed by atoms with van der Waals surface area (Å²) in [4.78, 5) is 2.25. The fraction of sp³-hybridized carbons (Fsp3) is 0.423. The minimum atomic E-state index is -0.576. The van der Waals surface area contributed by atoms with Crippen LogP contribution in [0, 0.1) is 11.7 Å². The fourth-order valence-electron chi connectivity index (χ4n) is 3.99. The number of ether oxygens (including phenoxy) is 2. The van der Waals surface area contributed by atoms with E-state index in [1.54, 1.807) is 16.8 Å². The van der Waals surface area contributed by atoms with Crippen LogP contribution in [-0.2, 0) is 18.3 Å². The third kappa shape index (κ3) is 6.41. The summed E-state index contributed by atoms with van der Waals surface area (Å²) < 4.78 is 27.1. The van der Waals surface area contributed by atoms with Crippen LogP contribution in [0.1, 0.15) is 25.3 Å². The highest BCUT2D eigenvalue weighted by Gasteiger charge is 2.28. The first-order valence-electron chi connectivity index (χ1n) is 11.6. The summed E-state index contributed by atoms with van der Waals surface area (Å²) in [6.07, 6.45) is 1.85. The lowest BCUT2D eigenvalue weighted by atomic mass is 10.1. The molecule has 33 heavy (non-hydrogen) atoms. The van der Waals surface area contributed by atoms with Gasteiger partial charge in [-0.1, -0.05) is 36.4 Å². The van der Waals surface area contributed by atoms with E-state index >= 15 is 0 Å². The zero-order valence-electron chi connectivity index (χ0n) is 19.3. The fourth-order valence-corrected chi connectivity index (χ4v) is 3.99. The van der Waals surface area contributed by atoms with Crippen LogP contribution in [0.25, 0.3) is 11.3 Å². The standard InChI is InChI=1S/C26H32FN3O3/c1-3-32-18-22(31)16-30(15-19-12-13-19)17-24-25(20-8-5-4-6-9-20)28-29(2)26(24)33-23-11-7-10-21(27)14-23/h4-11,14,19,22,31H,3,12-13,15-18H2,1-2H3/t22-/m1/s1. The van der Waals surface area contributed by atoms with Gasteiger partial charge in [0.2, 0.25) is 5.88 Å². The molecule has 4 rings (SSSR count). The van der Waals surface area contributed by atoms with Gasteiger partial charge in [0, 0.05) is 44.9 Å². The normalized spacial score (nSPS) is 14.6. The van der Waals surface area contributed by atoms with Gasteiger partial charge in [0.25, 0.3) is 0 Å². The Morgan fingerprint density at radius 1 is 1.18 bits per heavy atom. The molecule has 1 saturated carbocycles. The summed E-state index contributed by atoms with van der Waals surface area (Å²) in [7, 11) is 1.83. The lowest BCUT2D eigenvalue weighted by Gasteiger charge is -2.25. The summed E-state index contributed by atoms with van der Waals surface area (Å²) in [5, 5.41) is 15.3. The van der Waals surface area contributed by atoms with Crippen LogP contribution in [0.5, 0.6) is 11.6 Å². The first kappa shape index (κ1) is 23.4. The van der Waals surface area contributed by atoms with E-state index in [0.717, 1.165) is 23.4 Å². The highest BCUT2D eigenvalue weighted by molar-refractivity contribution is 5.65. The molecule has 1 aromatic heterocycles. The molecule has 1 fully saturated rings. The molecule has 0 spiro atoms. The monoisotopic (exact) mass is 453 g/mol. The summed E-state index contributed by atoms with van der Waals surface area (Å²) >= 11 is 0. The quantitative estimate of drug-likeness (QED) is 0.433. The predicted octanol–water partition coefficient (Wildman–Crippen LogP) is 4.63. The molecule has 7 heteroatoms. The highest BCUT2D eigenvalue weighted by Crippen LogP contribution is 2.36. The average molecular weight is 454 g/mol. The van der Waals surface area contributed by atoms with E-state index in [9.17, 15) is 9.50 Å². The van der Waals surface area contributed by atoms with Gasteiger partial charge >= 0.3 is 0 Å². The van der Waals surface area contributed by atoms with E-state index < -0.39 is 6.10 Å². The lowest BCUT2D eigenvalue weighted by Crippen LogP contribution is -2.36. The Bertz CT molecular complexity index is 1040. The number of aromatic nitrogens is 2. The van der Waals surface area contributed by atoms with Crippen LogP contribution in [0.3, 0.4) is 0 Å². The molecule has 0 radical (unpaired) electrons. The largest absolute Gasteiger partial charge is 0.439 e. The summed E-state index contributed by atoms with van der Waals surface area (Å²) in [6.45, 7) is 4.76. The van der Waals surface area contributed by atoms with E-state index in [4.69, 9.17) is 14.6 Å². The van der Waals surface area contributed by atoms with Crippen LogP contribution in [0.15, 0.2) is 54.6 Å². The molecule has 2 aromatic carbocycles. The van der Waals surface area contributed by atoms with E-state index in [1.807, 2.05) is 44.3 Å². The molecule has 0 amide bonds. The van der Waals surface area contributed by atoms with Crippen LogP contribution in [0.2, 0.25) is 0 Å². The molecular weight excluding hydrogens is 421 g/mol. The van der Waals surface area contributed by atoms with Crippen molar-refractivity contribution in [2.75, 3.05) is 26.3 Å². The van der Waals surface area contributed by atoms with Gasteiger partial charge in [-0.15, -0.1) is 0 Å². The Balaban J connectivity index is 1.66.